The molecule has 3 heterocycles. The molecule has 0 aliphatic carbocycles. The van der Waals surface area contributed by atoms with Crippen molar-refractivity contribution in [2.75, 3.05) is 14.2 Å². The van der Waals surface area contributed by atoms with Gasteiger partial charge in [-0.25, -0.2) is 9.79 Å². The summed E-state index contributed by atoms with van der Waals surface area (Å²) in [5.74, 6) is 0.279. The van der Waals surface area contributed by atoms with Crippen LogP contribution in [0.4, 0.5) is 5.69 Å². The van der Waals surface area contributed by atoms with Gasteiger partial charge in [-0.05, 0) is 49.4 Å². The summed E-state index contributed by atoms with van der Waals surface area (Å²) in [6.45, 7) is 1.66. The van der Waals surface area contributed by atoms with Gasteiger partial charge in [0, 0.05) is 27.8 Å². The van der Waals surface area contributed by atoms with Gasteiger partial charge in [0.05, 0.1) is 40.5 Å². The third-order valence-corrected chi connectivity index (χ3v) is 7.69. The fraction of sp³-hybridized carbons (Fsp3) is 0.148. The Morgan fingerprint density at radius 1 is 1.15 bits per heavy atom. The number of nitro groups is 1. The van der Waals surface area contributed by atoms with E-state index in [4.69, 9.17) is 37.1 Å². The molecule has 0 N–H and O–H groups in total. The van der Waals surface area contributed by atoms with E-state index >= 15 is 0 Å². The highest BCUT2D eigenvalue weighted by Gasteiger charge is 2.35. The summed E-state index contributed by atoms with van der Waals surface area (Å²) in [5.41, 5.74) is 0.600. The van der Waals surface area contributed by atoms with Crippen LogP contribution in [-0.2, 0) is 9.53 Å². The number of benzene rings is 2. The molecule has 1 atom stereocenters. The van der Waals surface area contributed by atoms with Gasteiger partial charge in [-0.1, -0.05) is 34.5 Å². The number of carbonyl (C=O) groups is 1. The molecule has 0 bridgehead atoms. The fourth-order valence-electron chi connectivity index (χ4n) is 4.47. The second-order valence-corrected chi connectivity index (χ2v) is 10.5. The fourth-order valence-corrected chi connectivity index (χ4v) is 5.85. The zero-order valence-electron chi connectivity index (χ0n) is 21.1. The second kappa shape index (κ2) is 10.8. The predicted octanol–water partition coefficient (Wildman–Crippen LogP) is 4.89. The normalized spacial score (nSPS) is 15.0. The summed E-state index contributed by atoms with van der Waals surface area (Å²) in [7, 11) is 2.73. The monoisotopic (exact) mass is 599 g/mol. The summed E-state index contributed by atoms with van der Waals surface area (Å²) >= 11 is 13.3. The lowest BCUT2D eigenvalue weighted by atomic mass is 9.95. The van der Waals surface area contributed by atoms with Crippen molar-refractivity contribution >= 4 is 52.3 Å². The van der Waals surface area contributed by atoms with Gasteiger partial charge in [0.1, 0.15) is 23.3 Å². The average Bonchev–Trinajstić information content (AvgIpc) is 3.51. The molecule has 2 aromatic carbocycles. The zero-order chi connectivity index (χ0) is 28.7. The molecular weight excluding hydrogens is 581 g/mol. The van der Waals surface area contributed by atoms with E-state index in [-0.39, 0.29) is 37.9 Å². The number of hydrogen-bond donors (Lipinski definition) is 0. The second-order valence-electron chi connectivity index (χ2n) is 8.58. The van der Waals surface area contributed by atoms with E-state index < -0.39 is 22.5 Å². The topological polar surface area (TPSA) is 126 Å². The van der Waals surface area contributed by atoms with Crippen molar-refractivity contribution in [3.05, 3.63) is 111 Å². The van der Waals surface area contributed by atoms with Crippen LogP contribution in [0.5, 0.6) is 5.75 Å². The number of rotatable bonds is 6. The number of methoxy groups -OCH3 is 2. The van der Waals surface area contributed by atoms with Crippen molar-refractivity contribution < 1.29 is 23.6 Å². The molecule has 0 saturated carbocycles. The van der Waals surface area contributed by atoms with Crippen molar-refractivity contribution in [1.29, 1.82) is 0 Å². The van der Waals surface area contributed by atoms with Crippen LogP contribution in [0.2, 0.25) is 10.0 Å². The highest BCUT2D eigenvalue weighted by Crippen LogP contribution is 2.37. The first-order chi connectivity index (χ1) is 19.1. The average molecular weight is 600 g/mol. The SMILES string of the molecule is COC(=O)C1=C(C)N=c2s/c(=C\c3ccc(-c4ccc(Cl)cc4[N+](=O)[O-])o3)c(=O)n2[C@@H]1c1cc(Cl)ccc1OC. The smallest absolute Gasteiger partial charge is 0.338 e. The Labute approximate surface area is 240 Å². The van der Waals surface area contributed by atoms with Crippen molar-refractivity contribution in [1.82, 2.24) is 4.57 Å². The van der Waals surface area contributed by atoms with E-state index in [1.165, 1.54) is 43.1 Å². The summed E-state index contributed by atoms with van der Waals surface area (Å²) in [5, 5.41) is 12.1. The summed E-state index contributed by atoms with van der Waals surface area (Å²) in [4.78, 5) is 42.5. The summed E-state index contributed by atoms with van der Waals surface area (Å²) in [6.07, 6.45) is 1.51. The van der Waals surface area contributed by atoms with Gasteiger partial charge in [0.15, 0.2) is 4.80 Å². The molecule has 0 radical (unpaired) electrons. The van der Waals surface area contributed by atoms with E-state index in [9.17, 15) is 19.7 Å². The first-order valence-corrected chi connectivity index (χ1v) is 13.2. The largest absolute Gasteiger partial charge is 0.496 e. The van der Waals surface area contributed by atoms with Crippen LogP contribution in [0.1, 0.15) is 24.3 Å². The number of nitro benzene ring substituents is 1. The van der Waals surface area contributed by atoms with Crippen LogP contribution in [0.3, 0.4) is 0 Å². The number of aromatic nitrogens is 1. The number of carbonyl (C=O) groups excluding carboxylic acids is 1. The number of furan rings is 1. The van der Waals surface area contributed by atoms with Gasteiger partial charge < -0.3 is 13.9 Å². The molecule has 1 aliphatic rings. The van der Waals surface area contributed by atoms with Gasteiger partial charge in [-0.2, -0.15) is 0 Å². The van der Waals surface area contributed by atoms with Crippen LogP contribution in [0.25, 0.3) is 17.4 Å². The molecule has 4 aromatic rings. The van der Waals surface area contributed by atoms with Gasteiger partial charge in [0.25, 0.3) is 11.2 Å². The maximum Gasteiger partial charge on any atom is 0.338 e. The molecule has 5 rings (SSSR count). The Kier molecular flexibility index (Phi) is 7.37. The van der Waals surface area contributed by atoms with Crippen LogP contribution >= 0.6 is 34.5 Å². The highest BCUT2D eigenvalue weighted by atomic mass is 35.5. The minimum atomic E-state index is -0.927. The maximum atomic E-state index is 13.8. The van der Waals surface area contributed by atoms with Crippen LogP contribution in [-0.4, -0.2) is 29.7 Å². The molecule has 13 heteroatoms. The lowest BCUT2D eigenvalue weighted by Crippen LogP contribution is -2.40. The molecular formula is C27H19Cl2N3O7S. The molecule has 204 valence electrons. The molecule has 1 aliphatic heterocycles. The lowest BCUT2D eigenvalue weighted by Gasteiger charge is -2.25. The van der Waals surface area contributed by atoms with E-state index in [1.54, 1.807) is 37.3 Å². The zero-order valence-corrected chi connectivity index (χ0v) is 23.5. The quantitative estimate of drug-likeness (QED) is 0.175. The number of esters is 1. The van der Waals surface area contributed by atoms with E-state index in [0.29, 0.717) is 26.8 Å². The first-order valence-electron chi connectivity index (χ1n) is 11.6. The molecule has 40 heavy (non-hydrogen) atoms. The minimum Gasteiger partial charge on any atom is -0.496 e. The third kappa shape index (κ3) is 4.83. The van der Waals surface area contributed by atoms with Crippen LogP contribution < -0.4 is 19.6 Å². The number of halogens is 2. The van der Waals surface area contributed by atoms with Crippen molar-refractivity contribution in [3.8, 4) is 17.1 Å². The van der Waals surface area contributed by atoms with E-state index in [0.717, 1.165) is 11.3 Å². The first kappa shape index (κ1) is 27.4. The number of ether oxygens (including phenoxy) is 2. The number of hydrogen-bond acceptors (Lipinski definition) is 9. The Balaban J connectivity index is 1.68. The van der Waals surface area contributed by atoms with Gasteiger partial charge in [-0.3, -0.25) is 19.5 Å². The molecule has 0 spiro atoms. The number of allylic oxidation sites excluding steroid dienone is 1. The third-order valence-electron chi connectivity index (χ3n) is 6.24. The number of nitrogens with zero attached hydrogens (tertiary/aromatic N) is 3. The van der Waals surface area contributed by atoms with E-state index in [1.807, 2.05) is 0 Å². The summed E-state index contributed by atoms with van der Waals surface area (Å²) in [6, 6.07) is 11.4. The van der Waals surface area contributed by atoms with Crippen LogP contribution in [0.15, 0.2) is 74.0 Å². The molecule has 0 unspecified atom stereocenters. The molecule has 0 saturated heterocycles. The Morgan fingerprint density at radius 3 is 2.58 bits per heavy atom. The minimum absolute atomic E-state index is 0.164. The Hall–Kier alpha value is -4.19. The van der Waals surface area contributed by atoms with Crippen molar-refractivity contribution in [2.45, 2.75) is 13.0 Å². The van der Waals surface area contributed by atoms with E-state index in [2.05, 4.69) is 4.99 Å². The van der Waals surface area contributed by atoms with Crippen LogP contribution in [0, 0.1) is 10.1 Å². The summed E-state index contributed by atoms with van der Waals surface area (Å²) < 4.78 is 18.1. The van der Waals surface area contributed by atoms with Gasteiger partial charge in [-0.15, -0.1) is 0 Å². The lowest BCUT2D eigenvalue weighted by molar-refractivity contribution is -0.384. The number of thiazole rings is 1. The van der Waals surface area contributed by atoms with Gasteiger partial charge >= 0.3 is 5.97 Å². The van der Waals surface area contributed by atoms with Crippen molar-refractivity contribution in [2.24, 2.45) is 4.99 Å². The Morgan fingerprint density at radius 2 is 1.88 bits per heavy atom. The molecule has 2 aromatic heterocycles. The number of fused-ring (bicyclic) bond motifs is 1. The highest BCUT2D eigenvalue weighted by molar-refractivity contribution is 7.07. The van der Waals surface area contributed by atoms with Crippen molar-refractivity contribution in [3.63, 3.8) is 0 Å². The molecule has 10 nitrogen and oxygen atoms in total. The van der Waals surface area contributed by atoms with Gasteiger partial charge in [0.2, 0.25) is 0 Å². The maximum absolute atomic E-state index is 13.8. The molecule has 0 fully saturated rings. The predicted molar refractivity (Wildman–Crippen MR) is 150 cm³/mol. The standard InChI is InChI=1S/C27H19Cl2N3O7S/c1-13-23(26(34)38-3)24(18-10-14(28)5-8-20(18)37-2)31-25(33)22(40-27(31)30-13)12-16-6-9-21(39-16)17-7-4-15(29)11-19(17)32(35)36/h4-12,24H,1-3H3/b22-12-/t24-/m1/s1. The molecule has 0 amide bonds. The Bertz CT molecular complexity index is 1910.